The van der Waals surface area contributed by atoms with Gasteiger partial charge >= 0.3 is 5.97 Å². The van der Waals surface area contributed by atoms with Crippen LogP contribution in [0.15, 0.2) is 0 Å². The van der Waals surface area contributed by atoms with E-state index >= 15 is 0 Å². The third kappa shape index (κ3) is 2.97. The topological polar surface area (TPSA) is 55.8 Å². The van der Waals surface area contributed by atoms with Crippen LogP contribution in [0.1, 0.15) is 58.8 Å². The summed E-state index contributed by atoms with van der Waals surface area (Å²) >= 11 is 3.78. The second-order valence-electron chi connectivity index (χ2n) is 9.55. The molecule has 4 aliphatic rings. The summed E-state index contributed by atoms with van der Waals surface area (Å²) in [4.78, 5) is 11.8. The number of alkyl halides is 1. The van der Waals surface area contributed by atoms with Crippen LogP contribution in [0, 0.1) is 35.0 Å². The standard InChI is InChI=1S/C21H33BrO4/c1-11(23)26-20-14-4-5-16-19(15(14)10-17(20)22)18(24)9-12-8-13(25-3)6-7-21(12,16)2/h12-20,24H,4-10H2,1-3H3/t12?,13-,14-,15?,16?,17+,18-,19?,20+,21-/m0/s1. The number of ether oxygens (including phenoxy) is 2. The molecule has 0 amide bonds. The van der Waals surface area contributed by atoms with E-state index in [0.29, 0.717) is 41.1 Å². The Morgan fingerprint density at radius 3 is 2.62 bits per heavy atom. The summed E-state index contributed by atoms with van der Waals surface area (Å²) in [7, 11) is 1.82. The van der Waals surface area contributed by atoms with Gasteiger partial charge in [0.2, 0.25) is 0 Å². The molecule has 0 aromatic rings. The second kappa shape index (κ2) is 7.04. The summed E-state index contributed by atoms with van der Waals surface area (Å²) in [5.41, 5.74) is 0.325. The monoisotopic (exact) mass is 428 g/mol. The molecule has 0 spiro atoms. The average molecular weight is 429 g/mol. The van der Waals surface area contributed by atoms with Crippen molar-refractivity contribution in [2.45, 2.75) is 81.9 Å². The van der Waals surface area contributed by atoms with Crippen LogP contribution in [0.3, 0.4) is 0 Å². The highest BCUT2D eigenvalue weighted by Gasteiger charge is 2.61. The quantitative estimate of drug-likeness (QED) is 0.534. The van der Waals surface area contributed by atoms with Gasteiger partial charge in [0.25, 0.3) is 0 Å². The maximum absolute atomic E-state index is 11.6. The smallest absolute Gasteiger partial charge is 0.302 e. The zero-order chi connectivity index (χ0) is 18.6. The van der Waals surface area contributed by atoms with Gasteiger partial charge in [0.15, 0.2) is 0 Å². The molecular weight excluding hydrogens is 396 g/mol. The maximum Gasteiger partial charge on any atom is 0.302 e. The SMILES string of the molecule is CO[C@H]1CC[C@@]2(C)C(C1)C[C@H](O)C1C3C[C@@H](Br)[C@H](OC(C)=O)[C@H]3CCC12. The lowest BCUT2D eigenvalue weighted by atomic mass is 9.46. The Morgan fingerprint density at radius 2 is 1.92 bits per heavy atom. The van der Waals surface area contributed by atoms with Crippen LogP contribution in [-0.2, 0) is 14.3 Å². The molecule has 4 unspecified atom stereocenters. The summed E-state index contributed by atoms with van der Waals surface area (Å²) in [6.45, 7) is 3.99. The van der Waals surface area contributed by atoms with Gasteiger partial charge in [-0.05, 0) is 74.0 Å². The van der Waals surface area contributed by atoms with E-state index in [-0.39, 0.29) is 23.0 Å². The molecule has 4 nitrogen and oxygen atoms in total. The van der Waals surface area contributed by atoms with Crippen LogP contribution >= 0.6 is 15.9 Å². The van der Waals surface area contributed by atoms with E-state index in [9.17, 15) is 9.90 Å². The van der Waals surface area contributed by atoms with Crippen molar-refractivity contribution in [3.63, 3.8) is 0 Å². The second-order valence-corrected chi connectivity index (χ2v) is 10.7. The summed E-state index contributed by atoms with van der Waals surface area (Å²) in [5.74, 6) is 2.20. The van der Waals surface area contributed by atoms with Gasteiger partial charge in [-0.15, -0.1) is 0 Å². The molecular formula is C21H33BrO4. The fourth-order valence-corrected chi connectivity index (χ4v) is 8.27. The van der Waals surface area contributed by atoms with Crippen LogP contribution in [0.4, 0.5) is 0 Å². The van der Waals surface area contributed by atoms with Crippen molar-refractivity contribution >= 4 is 21.9 Å². The van der Waals surface area contributed by atoms with Crippen molar-refractivity contribution in [3.05, 3.63) is 0 Å². The minimum absolute atomic E-state index is 0.0274. The van der Waals surface area contributed by atoms with E-state index in [1.807, 2.05) is 7.11 Å². The van der Waals surface area contributed by atoms with Crippen molar-refractivity contribution in [3.8, 4) is 0 Å². The number of hydrogen-bond acceptors (Lipinski definition) is 4. The number of methoxy groups -OCH3 is 1. The normalized spacial score (nSPS) is 53.3. The average Bonchev–Trinajstić information content (AvgIpc) is 2.90. The van der Waals surface area contributed by atoms with Gasteiger partial charge in [-0.25, -0.2) is 0 Å². The van der Waals surface area contributed by atoms with Crippen LogP contribution < -0.4 is 0 Å². The number of esters is 1. The lowest BCUT2D eigenvalue weighted by molar-refractivity contribution is -0.168. The minimum Gasteiger partial charge on any atom is -0.461 e. The number of hydrogen-bond donors (Lipinski definition) is 1. The van der Waals surface area contributed by atoms with Gasteiger partial charge in [-0.3, -0.25) is 4.79 Å². The highest BCUT2D eigenvalue weighted by molar-refractivity contribution is 9.09. The molecule has 10 atom stereocenters. The number of halogens is 1. The van der Waals surface area contributed by atoms with Gasteiger partial charge in [0.05, 0.1) is 17.0 Å². The van der Waals surface area contributed by atoms with Crippen LogP contribution in [0.2, 0.25) is 0 Å². The molecule has 4 saturated carbocycles. The largest absolute Gasteiger partial charge is 0.461 e. The molecule has 0 aromatic heterocycles. The van der Waals surface area contributed by atoms with Gasteiger partial charge in [0.1, 0.15) is 6.10 Å². The van der Waals surface area contributed by atoms with Gasteiger partial charge in [-0.1, -0.05) is 22.9 Å². The van der Waals surface area contributed by atoms with E-state index in [4.69, 9.17) is 9.47 Å². The molecule has 4 fully saturated rings. The van der Waals surface area contributed by atoms with Crippen molar-refractivity contribution < 1.29 is 19.4 Å². The molecule has 148 valence electrons. The predicted molar refractivity (Wildman–Crippen MR) is 103 cm³/mol. The zero-order valence-corrected chi connectivity index (χ0v) is 17.8. The van der Waals surface area contributed by atoms with E-state index < -0.39 is 0 Å². The molecule has 0 aromatic carbocycles. The zero-order valence-electron chi connectivity index (χ0n) is 16.2. The van der Waals surface area contributed by atoms with Crippen LogP contribution in [0.5, 0.6) is 0 Å². The fraction of sp³-hybridized carbons (Fsp3) is 0.952. The molecule has 26 heavy (non-hydrogen) atoms. The molecule has 0 heterocycles. The highest BCUT2D eigenvalue weighted by atomic mass is 79.9. The number of aliphatic hydroxyl groups is 1. The first-order valence-corrected chi connectivity index (χ1v) is 11.3. The Bertz CT molecular complexity index is 554. The summed E-state index contributed by atoms with van der Waals surface area (Å²) < 4.78 is 11.3. The number of carbonyl (C=O) groups is 1. The fourth-order valence-electron chi connectivity index (χ4n) is 7.34. The minimum atomic E-state index is -0.225. The first-order valence-electron chi connectivity index (χ1n) is 10.4. The Hall–Kier alpha value is -0.130. The first-order chi connectivity index (χ1) is 12.3. The lowest BCUT2D eigenvalue weighted by Gasteiger charge is -2.60. The summed E-state index contributed by atoms with van der Waals surface area (Å²) in [6, 6.07) is 0. The Labute approximate surface area is 165 Å². The predicted octanol–water partition coefficient (Wildman–Crippen LogP) is 3.93. The molecule has 5 heteroatoms. The first kappa shape index (κ1) is 19.2. The van der Waals surface area contributed by atoms with Gasteiger partial charge in [0, 0.05) is 20.0 Å². The third-order valence-electron chi connectivity index (χ3n) is 8.53. The summed E-state index contributed by atoms with van der Waals surface area (Å²) in [5, 5.41) is 11.2. The maximum atomic E-state index is 11.6. The van der Waals surface area contributed by atoms with Crippen molar-refractivity contribution in [2.24, 2.45) is 35.0 Å². The molecule has 4 aliphatic carbocycles. The summed E-state index contributed by atoms with van der Waals surface area (Å²) in [6.07, 6.45) is 7.77. The lowest BCUT2D eigenvalue weighted by Crippen LogP contribution is -2.57. The number of aliphatic hydroxyl groups excluding tert-OH is 1. The van der Waals surface area contributed by atoms with E-state index in [1.165, 1.54) is 13.3 Å². The van der Waals surface area contributed by atoms with Crippen molar-refractivity contribution in [2.75, 3.05) is 7.11 Å². The molecule has 1 N–H and O–H groups in total. The number of fused-ring (bicyclic) bond motifs is 5. The molecule has 0 aliphatic heterocycles. The van der Waals surface area contributed by atoms with E-state index in [0.717, 1.165) is 38.5 Å². The van der Waals surface area contributed by atoms with E-state index in [1.54, 1.807) is 0 Å². The molecule has 0 saturated heterocycles. The Kier molecular flexibility index (Phi) is 5.20. The molecule has 0 radical (unpaired) electrons. The third-order valence-corrected chi connectivity index (χ3v) is 9.43. The van der Waals surface area contributed by atoms with Crippen molar-refractivity contribution in [1.82, 2.24) is 0 Å². The highest BCUT2D eigenvalue weighted by Crippen LogP contribution is 2.63. The Morgan fingerprint density at radius 1 is 1.15 bits per heavy atom. The van der Waals surface area contributed by atoms with Gasteiger partial charge < -0.3 is 14.6 Å². The van der Waals surface area contributed by atoms with E-state index in [2.05, 4.69) is 22.9 Å². The van der Waals surface area contributed by atoms with Crippen LogP contribution in [0.25, 0.3) is 0 Å². The molecule has 0 bridgehead atoms. The van der Waals surface area contributed by atoms with Crippen LogP contribution in [-0.4, -0.2) is 41.3 Å². The van der Waals surface area contributed by atoms with Gasteiger partial charge in [-0.2, -0.15) is 0 Å². The van der Waals surface area contributed by atoms with Crippen molar-refractivity contribution in [1.29, 1.82) is 0 Å². The Balaban J connectivity index is 1.58. The number of carbonyl (C=O) groups excluding carboxylic acids is 1. The molecule has 4 rings (SSSR count). The number of rotatable bonds is 2.